The minimum Gasteiger partial charge on any atom is -0.462 e. The molecule has 6 N–H and O–H groups in total. The molecule has 4 fully saturated rings. The Bertz CT molecular complexity index is 3370. The average Bonchev–Trinajstić information content (AvgIpc) is 4.32. The first-order chi connectivity index (χ1) is 38.1. The number of ether oxygens (including phenoxy) is 1. The Labute approximate surface area is 467 Å². The van der Waals surface area contributed by atoms with Crippen molar-refractivity contribution in [2.45, 2.75) is 135 Å². The van der Waals surface area contributed by atoms with Crippen LogP contribution in [0.15, 0.2) is 48.0 Å². The van der Waals surface area contributed by atoms with Crippen molar-refractivity contribution in [3.05, 3.63) is 82.0 Å². The number of piperazine rings is 1. The monoisotopic (exact) mass is 1140 g/mol. The van der Waals surface area contributed by atoms with Gasteiger partial charge in [-0.15, -0.1) is 22.7 Å². The smallest absolute Gasteiger partial charge is 0.417 e. The normalized spacial score (nSPS) is 21.3. The number of alkyl halides is 3. The molecule has 3 aromatic carbocycles. The van der Waals surface area contributed by atoms with E-state index in [0.717, 1.165) is 72.1 Å². The number of nitriles is 1. The molecule has 16 nitrogen and oxygen atoms in total. The molecule has 6 aromatic rings. The zero-order valence-electron chi connectivity index (χ0n) is 45.1. The highest BCUT2D eigenvalue weighted by atomic mass is 32.1. The number of thiophene rings is 1. The number of anilines is 2. The number of nitrogens with zero attached hydrogens (tertiary/aromatic N) is 7. The molecule has 4 aliphatic rings. The fourth-order valence-corrected chi connectivity index (χ4v) is 13.6. The quantitative estimate of drug-likeness (QED) is 0.0453. The SMILES string of the molecule is Cc1ncsc1-c1ccc([C@H](C)NC(=O)[C@@H]2C[C@@H](O)CN2C(=O)[C@@H](NC(=O)CCCCN2CCC[C@H]2COc2nc(N3CC4CCC(C3)N4)c3cc(C(F)(F)F)c(-c4ccc(F)c5sc(N)c(C#N)c45)c(F)c3n2)C(C)(C)C)cc1. The first kappa shape index (κ1) is 56.7. The fourth-order valence-electron chi connectivity index (χ4n) is 11.9. The molecule has 0 spiro atoms. The van der Waals surface area contributed by atoms with E-state index >= 15 is 22.0 Å². The topological polar surface area (TPSA) is 215 Å². The van der Waals surface area contributed by atoms with Gasteiger partial charge >= 0.3 is 12.2 Å². The number of aliphatic hydroxyl groups excluding tert-OH is 1. The van der Waals surface area contributed by atoms with E-state index in [1.54, 1.807) is 16.8 Å². The minimum absolute atomic E-state index is 0.0400. The Hall–Kier alpha value is -6.58. The lowest BCUT2D eigenvalue weighted by atomic mass is 9.85. The van der Waals surface area contributed by atoms with Crippen LogP contribution in [0, 0.1) is 35.3 Å². The molecule has 80 heavy (non-hydrogen) atoms. The summed E-state index contributed by atoms with van der Waals surface area (Å²) in [5.41, 5.74) is 6.65. The number of carbonyl (C=O) groups excluding carboxylic acids is 3. The summed E-state index contributed by atoms with van der Waals surface area (Å²) in [6, 6.07) is 9.89. The van der Waals surface area contributed by atoms with Gasteiger partial charge in [0.15, 0.2) is 5.82 Å². The summed E-state index contributed by atoms with van der Waals surface area (Å²) in [5.74, 6) is -3.25. The lowest BCUT2D eigenvalue weighted by Crippen LogP contribution is -2.57. The van der Waals surface area contributed by atoms with Gasteiger partial charge in [-0.3, -0.25) is 19.3 Å². The number of rotatable bonds is 16. The van der Waals surface area contributed by atoms with E-state index in [9.17, 15) is 24.8 Å². The van der Waals surface area contributed by atoms with Gasteiger partial charge in [0.2, 0.25) is 17.7 Å². The number of carbonyl (C=O) groups is 3. The molecular formula is C57H64F5N11O5S2. The number of likely N-dealkylation sites (tertiary alicyclic amines) is 2. The van der Waals surface area contributed by atoms with Crippen LogP contribution in [-0.2, 0) is 20.6 Å². The number of aliphatic hydroxyl groups is 1. The van der Waals surface area contributed by atoms with Crippen LogP contribution in [0.1, 0.15) is 107 Å². The Morgan fingerprint density at radius 2 is 1.75 bits per heavy atom. The van der Waals surface area contributed by atoms with E-state index in [4.69, 9.17) is 10.5 Å². The third kappa shape index (κ3) is 11.5. The van der Waals surface area contributed by atoms with Crippen molar-refractivity contribution in [1.29, 1.82) is 5.26 Å². The lowest BCUT2D eigenvalue weighted by Gasteiger charge is -2.35. The van der Waals surface area contributed by atoms with Crippen LogP contribution in [0.3, 0.4) is 0 Å². The first-order valence-corrected chi connectivity index (χ1v) is 28.8. The molecule has 7 atom stereocenters. The Morgan fingerprint density at radius 3 is 2.42 bits per heavy atom. The number of nitrogens with two attached hydrogens (primary N) is 1. The summed E-state index contributed by atoms with van der Waals surface area (Å²) in [4.78, 5) is 61.7. The van der Waals surface area contributed by atoms with Crippen LogP contribution in [0.25, 0.3) is 42.6 Å². The highest BCUT2D eigenvalue weighted by Crippen LogP contribution is 2.48. The highest BCUT2D eigenvalue weighted by molar-refractivity contribution is 7.23. The van der Waals surface area contributed by atoms with Gasteiger partial charge in [-0.05, 0) is 99.7 Å². The van der Waals surface area contributed by atoms with Crippen LogP contribution in [0.5, 0.6) is 6.01 Å². The molecule has 23 heteroatoms. The van der Waals surface area contributed by atoms with E-state index in [0.29, 0.717) is 43.8 Å². The predicted molar refractivity (Wildman–Crippen MR) is 297 cm³/mol. The minimum atomic E-state index is -5.10. The summed E-state index contributed by atoms with van der Waals surface area (Å²) < 4.78 is 84.3. The van der Waals surface area contributed by atoms with Gasteiger partial charge in [0.1, 0.15) is 46.9 Å². The number of hydrogen-bond acceptors (Lipinski definition) is 15. The molecule has 7 heterocycles. The number of fused-ring (bicyclic) bond motifs is 4. The molecule has 2 bridgehead atoms. The van der Waals surface area contributed by atoms with E-state index in [1.807, 2.05) is 69.9 Å². The van der Waals surface area contributed by atoms with Crippen molar-refractivity contribution in [1.82, 2.24) is 40.7 Å². The van der Waals surface area contributed by atoms with Gasteiger partial charge < -0.3 is 41.3 Å². The molecule has 424 valence electrons. The van der Waals surface area contributed by atoms with Crippen molar-refractivity contribution in [2.24, 2.45) is 5.41 Å². The summed E-state index contributed by atoms with van der Waals surface area (Å²) in [5, 5.41) is 29.7. The van der Waals surface area contributed by atoms with Crippen molar-refractivity contribution in [3.63, 3.8) is 0 Å². The van der Waals surface area contributed by atoms with Crippen LogP contribution in [-0.4, -0.2) is 123 Å². The first-order valence-electron chi connectivity index (χ1n) is 27.1. The maximum Gasteiger partial charge on any atom is 0.417 e. The second-order valence-corrected chi connectivity index (χ2v) is 24.5. The number of benzene rings is 3. The van der Waals surface area contributed by atoms with Crippen molar-refractivity contribution in [2.75, 3.05) is 50.0 Å². The van der Waals surface area contributed by atoms with Gasteiger partial charge in [-0.25, -0.2) is 13.8 Å². The zero-order valence-corrected chi connectivity index (χ0v) is 46.7. The van der Waals surface area contributed by atoms with Crippen LogP contribution in [0.4, 0.5) is 32.8 Å². The maximum absolute atomic E-state index is 17.4. The number of hydrogen-bond donors (Lipinski definition) is 5. The van der Waals surface area contributed by atoms with Crippen molar-refractivity contribution < 1.29 is 46.2 Å². The zero-order chi connectivity index (χ0) is 56.9. The maximum atomic E-state index is 17.4. The summed E-state index contributed by atoms with van der Waals surface area (Å²) in [6.07, 6.45) is -1.48. The highest BCUT2D eigenvalue weighted by Gasteiger charge is 2.45. The largest absolute Gasteiger partial charge is 0.462 e. The molecule has 4 saturated heterocycles. The van der Waals surface area contributed by atoms with Gasteiger partial charge in [0.25, 0.3) is 0 Å². The number of amides is 3. The van der Waals surface area contributed by atoms with Crippen LogP contribution in [0.2, 0.25) is 0 Å². The number of aromatic nitrogens is 3. The standard InChI is InChI=1S/C57H64F5N11O5S2/c1-29(31-11-13-32(14-12-31)48-30(2)65-28-79-48)66-53(76)42-21-36(74)26-73(42)54(77)50(56(3,4)5)68-43(75)10-6-7-19-71-20-8-9-35(71)27-78-55-69-47-38(52(70-55)72-24-33-15-16-34(25-72)67-33)22-40(57(60,61)62)45(46(47)59)37-17-18-41(58)49-44(37)39(23-63)51(64)80-49/h11-14,17-18,22,28-29,33-36,42,50,67,74H,6-10,15-16,19-21,24-27,64H2,1-5H3,(H,66,76)(H,68,75)/t29-,33?,34?,35-,36+,42-,50+/m0/s1. The summed E-state index contributed by atoms with van der Waals surface area (Å²) in [6.45, 7) is 11.5. The number of aryl methyl sites for hydroxylation is 1. The third-order valence-corrected chi connectivity index (χ3v) is 18.0. The van der Waals surface area contributed by atoms with Crippen LogP contribution >= 0.6 is 22.7 Å². The molecule has 3 amide bonds. The third-order valence-electron chi connectivity index (χ3n) is 16.0. The van der Waals surface area contributed by atoms with E-state index in [2.05, 4.69) is 35.8 Å². The number of unbranched alkanes of at least 4 members (excludes halogenated alkanes) is 1. The number of β-amino-alcohol motifs (C(OH)–C–C–N with tert-alkyl or cyclic N) is 1. The van der Waals surface area contributed by atoms with Gasteiger partial charge in [-0.1, -0.05) is 51.1 Å². The molecule has 10 rings (SSSR count). The van der Waals surface area contributed by atoms with Crippen LogP contribution < -0.4 is 31.3 Å². The number of thiazole rings is 1. The fraction of sp³-hybridized carbons (Fsp3) is 0.491. The van der Waals surface area contributed by atoms with Gasteiger partial charge in [0, 0.05) is 66.9 Å². The summed E-state index contributed by atoms with van der Waals surface area (Å²) >= 11 is 2.25. The molecule has 0 aliphatic carbocycles. The molecule has 0 saturated carbocycles. The molecule has 0 radical (unpaired) electrons. The van der Waals surface area contributed by atoms with Gasteiger partial charge in [0.05, 0.1) is 44.1 Å². The molecule has 2 unspecified atom stereocenters. The predicted octanol–water partition coefficient (Wildman–Crippen LogP) is 9.02. The number of nitrogen functional groups attached to an aromatic ring is 1. The van der Waals surface area contributed by atoms with Gasteiger partial charge in [-0.2, -0.15) is 28.4 Å². The van der Waals surface area contributed by atoms with Crippen molar-refractivity contribution in [3.8, 4) is 33.6 Å². The Morgan fingerprint density at radius 1 is 1.01 bits per heavy atom. The van der Waals surface area contributed by atoms with E-state index < -0.39 is 75.9 Å². The second-order valence-electron chi connectivity index (χ2n) is 22.6. The lowest BCUT2D eigenvalue weighted by molar-refractivity contribution is -0.144. The average molecular weight is 1140 g/mol. The Balaban J connectivity index is 0.799. The van der Waals surface area contributed by atoms with E-state index in [-0.39, 0.29) is 93.5 Å². The number of nitrogens with one attached hydrogen (secondary N) is 3. The Kier molecular flexibility index (Phi) is 16.1. The number of halogens is 5. The molecule has 4 aliphatic heterocycles. The van der Waals surface area contributed by atoms with Crippen molar-refractivity contribution >= 4 is 72.2 Å². The summed E-state index contributed by atoms with van der Waals surface area (Å²) in [7, 11) is 0. The second kappa shape index (κ2) is 22.8. The molecular weight excluding hydrogens is 1080 g/mol. The molecule has 3 aromatic heterocycles. The van der Waals surface area contributed by atoms with E-state index in [1.165, 1.54) is 4.90 Å².